The van der Waals surface area contributed by atoms with Crippen molar-refractivity contribution in [1.29, 1.82) is 0 Å². The summed E-state index contributed by atoms with van der Waals surface area (Å²) in [5, 5.41) is 26.4. The third-order valence-electron chi connectivity index (χ3n) is 4.54. The number of nitrogens with two attached hydrogens (primary N) is 1. The number of nitrogens with zero attached hydrogens (tertiary/aromatic N) is 1. The predicted octanol–water partition coefficient (Wildman–Crippen LogP) is -2.39. The molecule has 0 spiro atoms. The van der Waals surface area contributed by atoms with Crippen LogP contribution in [0.1, 0.15) is 32.6 Å². The Morgan fingerprint density at radius 2 is 1.76 bits per heavy atom. The molecule has 33 heavy (non-hydrogen) atoms. The number of carboxylic acid groups (broad SMARTS) is 1. The first kappa shape index (κ1) is 31.5. The fourth-order valence-corrected chi connectivity index (χ4v) is 3.55. The number of aliphatic carboxylic acids is 1. The van der Waals surface area contributed by atoms with Crippen molar-refractivity contribution in [3.63, 3.8) is 0 Å². The third-order valence-corrected chi connectivity index (χ3v) is 5.69. The summed E-state index contributed by atoms with van der Waals surface area (Å²) in [6.45, 7) is 2.14. The van der Waals surface area contributed by atoms with Crippen LogP contribution in [0.4, 0.5) is 0 Å². The van der Waals surface area contributed by atoms with Gasteiger partial charge in [0.25, 0.3) is 10.1 Å². The number of carbonyl (C=O) groups excluding carboxylic acids is 2. The molecular formula is C18H37N5O8S2. The molecule has 0 aliphatic rings. The van der Waals surface area contributed by atoms with Crippen LogP contribution in [0.15, 0.2) is 0 Å². The Labute approximate surface area is 200 Å². The average molecular weight is 516 g/mol. The van der Waals surface area contributed by atoms with Crippen LogP contribution in [0.2, 0.25) is 0 Å². The standard InChI is InChI=1S/C18H37N5O8S2/c1-18(28,12-21-16(26)13(19)10-32)22-14(11-33(29,30)31)17(27)20-7-9-23(2)8-5-3-4-6-15(24)25/h13-14,22,28,32H,3-12,19H2,1-2H3,(H,20,27)(H,21,26)(H,24,25)(H,29,30,31). The summed E-state index contributed by atoms with van der Waals surface area (Å²) in [4.78, 5) is 36.6. The van der Waals surface area contributed by atoms with Gasteiger partial charge in [-0.05, 0) is 33.4 Å². The minimum absolute atomic E-state index is 0.0754. The van der Waals surface area contributed by atoms with Crippen LogP contribution >= 0.6 is 12.6 Å². The molecule has 0 rings (SSSR count). The highest BCUT2D eigenvalue weighted by molar-refractivity contribution is 7.85. The second-order valence-corrected chi connectivity index (χ2v) is 9.89. The van der Waals surface area contributed by atoms with Gasteiger partial charge in [-0.15, -0.1) is 0 Å². The lowest BCUT2D eigenvalue weighted by atomic mass is 10.2. The molecule has 0 saturated heterocycles. The van der Waals surface area contributed by atoms with Crippen LogP contribution in [0.3, 0.4) is 0 Å². The lowest BCUT2D eigenvalue weighted by molar-refractivity contribution is -0.137. The summed E-state index contributed by atoms with van der Waals surface area (Å²) in [6.07, 6.45) is 2.26. The average Bonchev–Trinajstić information content (AvgIpc) is 2.69. The summed E-state index contributed by atoms with van der Waals surface area (Å²) in [6, 6.07) is -2.40. The van der Waals surface area contributed by atoms with Gasteiger partial charge in [-0.1, -0.05) is 6.42 Å². The molecule has 0 aliphatic heterocycles. The van der Waals surface area contributed by atoms with E-state index in [4.69, 9.17) is 10.8 Å². The second kappa shape index (κ2) is 15.4. The predicted molar refractivity (Wildman–Crippen MR) is 125 cm³/mol. The first-order valence-corrected chi connectivity index (χ1v) is 12.7. The normalized spacial score (nSPS) is 15.5. The molecule has 0 aromatic carbocycles. The van der Waals surface area contributed by atoms with E-state index in [0.717, 1.165) is 12.8 Å². The summed E-state index contributed by atoms with van der Waals surface area (Å²) in [7, 11) is -2.74. The van der Waals surface area contributed by atoms with Crippen LogP contribution in [-0.4, -0.2) is 108 Å². The van der Waals surface area contributed by atoms with Gasteiger partial charge in [-0.3, -0.25) is 24.3 Å². The molecule has 0 aromatic rings. The molecule has 3 atom stereocenters. The van der Waals surface area contributed by atoms with E-state index >= 15 is 0 Å². The molecule has 13 nitrogen and oxygen atoms in total. The summed E-state index contributed by atoms with van der Waals surface area (Å²) in [5.74, 6) is -3.10. The van der Waals surface area contributed by atoms with Crippen molar-refractivity contribution >= 4 is 40.5 Å². The number of hydrogen-bond acceptors (Lipinski definition) is 10. The number of aliphatic hydroxyl groups is 1. The van der Waals surface area contributed by atoms with Crippen molar-refractivity contribution in [2.75, 3.05) is 44.7 Å². The van der Waals surface area contributed by atoms with Crippen LogP contribution in [0, 0.1) is 0 Å². The van der Waals surface area contributed by atoms with E-state index in [1.807, 2.05) is 11.9 Å². The van der Waals surface area contributed by atoms with Crippen LogP contribution in [0.5, 0.6) is 0 Å². The van der Waals surface area contributed by atoms with E-state index in [-0.39, 0.29) is 25.3 Å². The quantitative estimate of drug-likeness (QED) is 0.0417. The van der Waals surface area contributed by atoms with Crippen molar-refractivity contribution in [2.45, 2.75) is 50.4 Å². The minimum Gasteiger partial charge on any atom is -0.481 e. The van der Waals surface area contributed by atoms with E-state index in [0.29, 0.717) is 19.5 Å². The van der Waals surface area contributed by atoms with E-state index in [9.17, 15) is 32.5 Å². The van der Waals surface area contributed by atoms with Gasteiger partial charge < -0.3 is 31.5 Å². The van der Waals surface area contributed by atoms with Gasteiger partial charge in [0, 0.05) is 25.3 Å². The third kappa shape index (κ3) is 16.7. The maximum atomic E-state index is 12.5. The highest BCUT2D eigenvalue weighted by atomic mass is 32.2. The van der Waals surface area contributed by atoms with Crippen molar-refractivity contribution in [2.24, 2.45) is 5.73 Å². The van der Waals surface area contributed by atoms with E-state index in [1.54, 1.807) is 0 Å². The van der Waals surface area contributed by atoms with Crippen molar-refractivity contribution in [3.05, 3.63) is 0 Å². The zero-order valence-corrected chi connectivity index (χ0v) is 20.7. The molecule has 0 aromatic heterocycles. The van der Waals surface area contributed by atoms with Gasteiger partial charge in [-0.2, -0.15) is 21.0 Å². The zero-order valence-electron chi connectivity index (χ0n) is 19.0. The van der Waals surface area contributed by atoms with Gasteiger partial charge >= 0.3 is 5.97 Å². The number of amides is 2. The summed E-state index contributed by atoms with van der Waals surface area (Å²) < 4.78 is 31.8. The number of rotatable bonds is 18. The van der Waals surface area contributed by atoms with Gasteiger partial charge in [0.05, 0.1) is 18.3 Å². The second-order valence-electron chi connectivity index (χ2n) is 8.02. The van der Waals surface area contributed by atoms with Gasteiger partial charge in [-0.25, -0.2) is 0 Å². The first-order chi connectivity index (χ1) is 15.2. The van der Waals surface area contributed by atoms with Crippen molar-refractivity contribution < 1.29 is 37.6 Å². The molecule has 0 aliphatic carbocycles. The Kier molecular flexibility index (Phi) is 14.7. The molecule has 8 N–H and O–H groups in total. The highest BCUT2D eigenvalue weighted by Gasteiger charge is 2.32. The monoisotopic (exact) mass is 515 g/mol. The van der Waals surface area contributed by atoms with Gasteiger partial charge in [0.15, 0.2) is 0 Å². The molecule has 0 fully saturated rings. The number of nitrogens with one attached hydrogen (secondary N) is 3. The molecule has 0 saturated carbocycles. The maximum absolute atomic E-state index is 12.5. The molecule has 0 bridgehead atoms. The first-order valence-electron chi connectivity index (χ1n) is 10.4. The lowest BCUT2D eigenvalue weighted by Gasteiger charge is -2.30. The molecule has 0 heterocycles. The number of carboxylic acids is 1. The number of hydrogen-bond donors (Lipinski definition) is 8. The van der Waals surface area contributed by atoms with Crippen LogP contribution in [0.25, 0.3) is 0 Å². The number of unbranched alkanes of at least 4 members (excludes halogenated alkanes) is 2. The minimum atomic E-state index is -4.56. The lowest BCUT2D eigenvalue weighted by Crippen LogP contribution is -2.61. The Balaban J connectivity index is 4.68. The number of likely N-dealkylation sites (N-methyl/N-ethyl adjacent to an activating group) is 1. The van der Waals surface area contributed by atoms with Crippen LogP contribution < -0.4 is 21.7 Å². The van der Waals surface area contributed by atoms with Crippen molar-refractivity contribution in [1.82, 2.24) is 20.9 Å². The zero-order chi connectivity index (χ0) is 25.7. The van der Waals surface area contributed by atoms with Gasteiger partial charge in [0.1, 0.15) is 11.8 Å². The summed E-state index contributed by atoms with van der Waals surface area (Å²) in [5.41, 5.74) is 3.64. The van der Waals surface area contributed by atoms with E-state index in [2.05, 4.69) is 28.6 Å². The van der Waals surface area contributed by atoms with E-state index in [1.165, 1.54) is 6.92 Å². The topological polar surface area (TPSA) is 211 Å². The Morgan fingerprint density at radius 3 is 2.30 bits per heavy atom. The number of thiol groups is 1. The Morgan fingerprint density at radius 1 is 1.12 bits per heavy atom. The fourth-order valence-electron chi connectivity index (χ4n) is 2.73. The molecule has 0 radical (unpaired) electrons. The molecule has 15 heteroatoms. The van der Waals surface area contributed by atoms with E-state index < -0.39 is 51.5 Å². The molecule has 194 valence electrons. The summed E-state index contributed by atoms with van der Waals surface area (Å²) >= 11 is 3.90. The van der Waals surface area contributed by atoms with Crippen LogP contribution in [-0.2, 0) is 24.5 Å². The highest BCUT2D eigenvalue weighted by Crippen LogP contribution is 2.03. The Bertz CT molecular complexity index is 735. The maximum Gasteiger partial charge on any atom is 0.303 e. The van der Waals surface area contributed by atoms with Crippen molar-refractivity contribution in [3.8, 4) is 0 Å². The SMILES string of the molecule is CN(CCCCCC(=O)O)CCNC(=O)C(CS(=O)(=O)O)NC(C)(O)CNC(=O)C(N)CS. The van der Waals surface area contributed by atoms with Gasteiger partial charge in [0.2, 0.25) is 11.8 Å². The number of carbonyl (C=O) groups is 3. The fraction of sp³-hybridized carbons (Fsp3) is 0.833. The Hall–Kier alpha value is -1.49. The molecular weight excluding hydrogens is 478 g/mol. The largest absolute Gasteiger partial charge is 0.481 e. The smallest absolute Gasteiger partial charge is 0.303 e. The molecule has 2 amide bonds. The molecule has 3 unspecified atom stereocenters.